The van der Waals surface area contributed by atoms with Crippen molar-refractivity contribution in [2.45, 2.75) is 19.4 Å². The molecule has 1 heterocycles. The van der Waals surface area contributed by atoms with Crippen LogP contribution in [0, 0.1) is 35.0 Å². The molecule has 106 valence electrons. The fourth-order valence-corrected chi connectivity index (χ4v) is 1.96. The van der Waals surface area contributed by atoms with E-state index in [1.165, 1.54) is 0 Å². The van der Waals surface area contributed by atoms with Gasteiger partial charge in [0.15, 0.2) is 5.75 Å². The zero-order chi connectivity index (χ0) is 14.2. The summed E-state index contributed by atoms with van der Waals surface area (Å²) in [4.78, 5) is 0. The van der Waals surface area contributed by atoms with Crippen LogP contribution in [0.4, 0.5) is 22.0 Å². The van der Waals surface area contributed by atoms with Gasteiger partial charge >= 0.3 is 0 Å². The summed E-state index contributed by atoms with van der Waals surface area (Å²) >= 11 is 0. The summed E-state index contributed by atoms with van der Waals surface area (Å²) in [7, 11) is 0. The monoisotopic (exact) mass is 281 g/mol. The molecule has 1 aromatic rings. The standard InChI is InChI=1S/C12H12F5NO/c1-5-2-3-18-4-6(5)19-12-10(16)8(14)7(13)9(15)11(12)17/h5-6,18H,2-4H2,1H3. The van der Waals surface area contributed by atoms with E-state index in [4.69, 9.17) is 4.74 Å². The SMILES string of the molecule is CC1CCNCC1Oc1c(F)c(F)c(F)c(F)c1F. The number of benzene rings is 1. The Morgan fingerprint density at radius 1 is 0.947 bits per heavy atom. The van der Waals surface area contributed by atoms with Gasteiger partial charge in [-0.1, -0.05) is 6.92 Å². The third-order valence-corrected chi connectivity index (χ3v) is 3.20. The van der Waals surface area contributed by atoms with Crippen molar-refractivity contribution in [3.05, 3.63) is 29.1 Å². The highest BCUT2D eigenvalue weighted by atomic mass is 19.2. The lowest BCUT2D eigenvalue weighted by Crippen LogP contribution is -2.43. The lowest BCUT2D eigenvalue weighted by atomic mass is 9.97. The first-order valence-electron chi connectivity index (χ1n) is 5.82. The smallest absolute Gasteiger partial charge is 0.207 e. The van der Waals surface area contributed by atoms with Crippen LogP contribution in [-0.2, 0) is 0 Å². The number of halogens is 5. The lowest BCUT2D eigenvalue weighted by Gasteiger charge is -2.30. The lowest BCUT2D eigenvalue weighted by molar-refractivity contribution is 0.102. The highest BCUT2D eigenvalue weighted by molar-refractivity contribution is 5.30. The van der Waals surface area contributed by atoms with Crippen LogP contribution >= 0.6 is 0 Å². The van der Waals surface area contributed by atoms with E-state index in [2.05, 4.69) is 5.32 Å². The molecule has 2 unspecified atom stereocenters. The molecule has 2 atom stereocenters. The number of hydrogen-bond acceptors (Lipinski definition) is 2. The molecule has 0 aliphatic carbocycles. The van der Waals surface area contributed by atoms with Crippen LogP contribution in [0.2, 0.25) is 0 Å². The molecule has 2 nitrogen and oxygen atoms in total. The van der Waals surface area contributed by atoms with E-state index < -0.39 is 40.9 Å². The molecule has 2 rings (SSSR count). The van der Waals surface area contributed by atoms with Gasteiger partial charge < -0.3 is 10.1 Å². The quantitative estimate of drug-likeness (QED) is 0.511. The molecule has 0 amide bonds. The van der Waals surface area contributed by atoms with Gasteiger partial charge in [0.1, 0.15) is 6.10 Å². The zero-order valence-corrected chi connectivity index (χ0v) is 10.1. The van der Waals surface area contributed by atoms with Crippen LogP contribution < -0.4 is 10.1 Å². The normalized spacial score (nSPS) is 23.5. The molecule has 7 heteroatoms. The van der Waals surface area contributed by atoms with Gasteiger partial charge in [-0.15, -0.1) is 0 Å². The van der Waals surface area contributed by atoms with Crippen molar-refractivity contribution in [1.29, 1.82) is 0 Å². The van der Waals surface area contributed by atoms with Crippen molar-refractivity contribution >= 4 is 0 Å². The average molecular weight is 281 g/mol. The molecule has 0 saturated carbocycles. The summed E-state index contributed by atoms with van der Waals surface area (Å²) in [5, 5.41) is 2.93. The predicted octanol–water partition coefficient (Wildman–Crippen LogP) is 2.76. The Morgan fingerprint density at radius 3 is 2.00 bits per heavy atom. The molecule has 0 bridgehead atoms. The largest absolute Gasteiger partial charge is 0.483 e. The van der Waals surface area contributed by atoms with Gasteiger partial charge in [0.2, 0.25) is 29.1 Å². The zero-order valence-electron chi connectivity index (χ0n) is 10.1. The summed E-state index contributed by atoms with van der Waals surface area (Å²) in [5.74, 6) is -11.3. The second kappa shape index (κ2) is 5.32. The maximum Gasteiger partial charge on any atom is 0.207 e. The minimum atomic E-state index is -2.18. The number of nitrogens with one attached hydrogen (secondary N) is 1. The molecule has 1 aliphatic heterocycles. The van der Waals surface area contributed by atoms with Crippen LogP contribution in [0.5, 0.6) is 5.75 Å². The highest BCUT2D eigenvalue weighted by Gasteiger charge is 2.31. The van der Waals surface area contributed by atoms with Crippen molar-refractivity contribution in [1.82, 2.24) is 5.32 Å². The average Bonchev–Trinajstić information content (AvgIpc) is 2.41. The second-order valence-electron chi connectivity index (χ2n) is 4.53. The van der Waals surface area contributed by atoms with Gasteiger partial charge in [-0.05, 0) is 18.9 Å². The van der Waals surface area contributed by atoms with Crippen LogP contribution in [0.15, 0.2) is 0 Å². The summed E-state index contributed by atoms with van der Waals surface area (Å²) in [6, 6.07) is 0. The number of ether oxygens (including phenoxy) is 1. The van der Waals surface area contributed by atoms with Crippen LogP contribution in [-0.4, -0.2) is 19.2 Å². The van der Waals surface area contributed by atoms with Crippen molar-refractivity contribution < 1.29 is 26.7 Å². The molecular formula is C12H12F5NO. The number of rotatable bonds is 2. The summed E-state index contributed by atoms with van der Waals surface area (Å²) < 4.78 is 70.7. The maximum absolute atomic E-state index is 13.4. The maximum atomic E-state index is 13.4. The Bertz CT molecular complexity index is 464. The topological polar surface area (TPSA) is 21.3 Å². The van der Waals surface area contributed by atoms with Gasteiger partial charge in [0.25, 0.3) is 0 Å². The van der Waals surface area contributed by atoms with Gasteiger partial charge in [-0.2, -0.15) is 8.78 Å². The first-order chi connectivity index (χ1) is 8.93. The number of hydrogen-bond donors (Lipinski definition) is 1. The summed E-state index contributed by atoms with van der Waals surface area (Å²) in [5.41, 5.74) is 0. The van der Waals surface area contributed by atoms with E-state index >= 15 is 0 Å². The molecule has 0 radical (unpaired) electrons. The second-order valence-corrected chi connectivity index (χ2v) is 4.53. The number of piperidine rings is 1. The van der Waals surface area contributed by atoms with Crippen molar-refractivity contribution in [2.75, 3.05) is 13.1 Å². The first kappa shape index (κ1) is 14.0. The third kappa shape index (κ3) is 2.51. The molecule has 0 spiro atoms. The molecule has 1 N–H and O–H groups in total. The van der Waals surface area contributed by atoms with Crippen molar-refractivity contribution in [3.63, 3.8) is 0 Å². The fraction of sp³-hybridized carbons (Fsp3) is 0.500. The van der Waals surface area contributed by atoms with E-state index in [0.717, 1.165) is 6.54 Å². The van der Waals surface area contributed by atoms with Crippen LogP contribution in [0.25, 0.3) is 0 Å². The summed E-state index contributed by atoms with van der Waals surface area (Å²) in [6.07, 6.45) is 0.0575. The predicted molar refractivity (Wildman–Crippen MR) is 57.3 cm³/mol. The first-order valence-corrected chi connectivity index (χ1v) is 5.82. The van der Waals surface area contributed by atoms with Crippen LogP contribution in [0.3, 0.4) is 0 Å². The van der Waals surface area contributed by atoms with E-state index in [0.29, 0.717) is 13.0 Å². The Hall–Kier alpha value is -1.37. The third-order valence-electron chi connectivity index (χ3n) is 3.20. The molecule has 1 aromatic carbocycles. The molecule has 19 heavy (non-hydrogen) atoms. The van der Waals surface area contributed by atoms with E-state index in [9.17, 15) is 22.0 Å². The van der Waals surface area contributed by atoms with Crippen molar-refractivity contribution in [3.8, 4) is 5.75 Å². The Morgan fingerprint density at radius 2 is 1.47 bits per heavy atom. The minimum absolute atomic E-state index is 0.0452. The molecule has 1 aliphatic rings. The summed E-state index contributed by atoms with van der Waals surface area (Å²) in [6.45, 7) is 2.80. The molecule has 1 fully saturated rings. The molecule has 1 saturated heterocycles. The Labute approximate surface area is 106 Å². The van der Waals surface area contributed by atoms with Gasteiger partial charge in [0, 0.05) is 6.54 Å². The molecular weight excluding hydrogens is 269 g/mol. The Kier molecular flexibility index (Phi) is 3.93. The van der Waals surface area contributed by atoms with Gasteiger partial charge in [-0.25, -0.2) is 13.2 Å². The van der Waals surface area contributed by atoms with Gasteiger partial charge in [0.05, 0.1) is 0 Å². The minimum Gasteiger partial charge on any atom is -0.483 e. The fourth-order valence-electron chi connectivity index (χ4n) is 1.96. The Balaban J connectivity index is 2.34. The van der Waals surface area contributed by atoms with E-state index in [1.54, 1.807) is 6.92 Å². The van der Waals surface area contributed by atoms with Crippen LogP contribution in [0.1, 0.15) is 13.3 Å². The van der Waals surface area contributed by atoms with E-state index in [1.807, 2.05) is 0 Å². The molecule has 0 aromatic heterocycles. The highest BCUT2D eigenvalue weighted by Crippen LogP contribution is 2.31. The van der Waals surface area contributed by atoms with E-state index in [-0.39, 0.29) is 5.92 Å². The van der Waals surface area contributed by atoms with Crippen molar-refractivity contribution in [2.24, 2.45) is 5.92 Å². The van der Waals surface area contributed by atoms with Gasteiger partial charge in [-0.3, -0.25) is 0 Å².